The molecular formula is C21H23F3N2O2. The van der Waals surface area contributed by atoms with Gasteiger partial charge in [-0.2, -0.15) is 13.2 Å². The van der Waals surface area contributed by atoms with E-state index in [0.717, 1.165) is 11.6 Å². The molecule has 1 heterocycles. The van der Waals surface area contributed by atoms with Gasteiger partial charge in [0, 0.05) is 25.2 Å². The van der Waals surface area contributed by atoms with Crippen LogP contribution in [-0.4, -0.2) is 32.2 Å². The third-order valence-electron chi connectivity index (χ3n) is 4.67. The molecule has 1 N–H and O–H groups in total. The highest BCUT2D eigenvalue weighted by Crippen LogP contribution is 2.37. The van der Waals surface area contributed by atoms with Crippen molar-refractivity contribution < 1.29 is 22.7 Å². The van der Waals surface area contributed by atoms with Crippen LogP contribution in [0.2, 0.25) is 0 Å². The molecule has 1 saturated heterocycles. The summed E-state index contributed by atoms with van der Waals surface area (Å²) >= 11 is 0. The van der Waals surface area contributed by atoms with Crippen LogP contribution in [0.3, 0.4) is 0 Å². The molecule has 7 heteroatoms. The largest absolute Gasteiger partial charge is 0.418 e. The maximum Gasteiger partial charge on any atom is 0.418 e. The Morgan fingerprint density at radius 1 is 1.07 bits per heavy atom. The first kappa shape index (κ1) is 20.2. The van der Waals surface area contributed by atoms with E-state index in [1.807, 2.05) is 35.2 Å². The van der Waals surface area contributed by atoms with Gasteiger partial charge in [-0.15, -0.1) is 0 Å². The summed E-state index contributed by atoms with van der Waals surface area (Å²) in [6.07, 6.45) is -3.11. The number of halogens is 3. The molecule has 4 nitrogen and oxygen atoms in total. The Kier molecular flexibility index (Phi) is 6.57. The summed E-state index contributed by atoms with van der Waals surface area (Å²) in [7, 11) is 0. The summed E-state index contributed by atoms with van der Waals surface area (Å²) in [5, 5.41) is 2.43. The Labute approximate surface area is 162 Å². The fraction of sp³-hybridized carbons (Fsp3) is 0.381. The molecule has 0 atom stereocenters. The second-order valence-corrected chi connectivity index (χ2v) is 6.71. The molecule has 0 aliphatic carbocycles. The van der Waals surface area contributed by atoms with Crippen molar-refractivity contribution in [2.24, 2.45) is 0 Å². The van der Waals surface area contributed by atoms with Gasteiger partial charge in [0.2, 0.25) is 5.91 Å². The van der Waals surface area contributed by atoms with Crippen LogP contribution in [0.5, 0.6) is 0 Å². The topological polar surface area (TPSA) is 41.6 Å². The average Bonchev–Trinajstić information content (AvgIpc) is 2.69. The highest BCUT2D eigenvalue weighted by atomic mass is 19.4. The lowest BCUT2D eigenvalue weighted by Gasteiger charge is -2.29. The van der Waals surface area contributed by atoms with E-state index in [1.54, 1.807) is 6.07 Å². The number of nitrogens with one attached hydrogen (secondary N) is 1. The Balaban J connectivity index is 1.65. The van der Waals surface area contributed by atoms with Gasteiger partial charge < -0.3 is 15.0 Å². The molecule has 0 radical (unpaired) electrons. The molecule has 0 aromatic heterocycles. The van der Waals surface area contributed by atoms with Crippen molar-refractivity contribution in [3.63, 3.8) is 0 Å². The number of morpholine rings is 1. The van der Waals surface area contributed by atoms with Crippen LogP contribution in [0.1, 0.15) is 24.0 Å². The number of alkyl halides is 3. The smallest absolute Gasteiger partial charge is 0.378 e. The Bertz CT molecular complexity index is 788. The fourth-order valence-electron chi connectivity index (χ4n) is 3.20. The number of hydrogen-bond donors (Lipinski definition) is 1. The van der Waals surface area contributed by atoms with E-state index in [1.165, 1.54) is 6.07 Å². The molecule has 1 fully saturated rings. The van der Waals surface area contributed by atoms with Crippen molar-refractivity contribution in [3.05, 3.63) is 59.7 Å². The van der Waals surface area contributed by atoms with Crippen molar-refractivity contribution in [1.82, 2.24) is 0 Å². The van der Waals surface area contributed by atoms with Crippen LogP contribution in [0.25, 0.3) is 0 Å². The Morgan fingerprint density at radius 2 is 1.79 bits per heavy atom. The van der Waals surface area contributed by atoms with Crippen LogP contribution < -0.4 is 10.2 Å². The summed E-state index contributed by atoms with van der Waals surface area (Å²) in [4.78, 5) is 14.0. The quantitative estimate of drug-likeness (QED) is 0.787. The molecular weight excluding hydrogens is 369 g/mol. The lowest BCUT2D eigenvalue weighted by molar-refractivity contribution is -0.136. The van der Waals surface area contributed by atoms with Crippen molar-refractivity contribution in [1.29, 1.82) is 0 Å². The van der Waals surface area contributed by atoms with Crippen molar-refractivity contribution in [2.75, 3.05) is 36.5 Å². The van der Waals surface area contributed by atoms with Crippen LogP contribution in [0.4, 0.5) is 24.5 Å². The van der Waals surface area contributed by atoms with Gasteiger partial charge in [0.1, 0.15) is 0 Å². The number of carbonyl (C=O) groups excluding carboxylic acids is 1. The molecule has 2 aromatic rings. The monoisotopic (exact) mass is 392 g/mol. The van der Waals surface area contributed by atoms with E-state index in [2.05, 4.69) is 5.32 Å². The molecule has 0 unspecified atom stereocenters. The minimum absolute atomic E-state index is 0.164. The molecule has 0 spiro atoms. The maximum absolute atomic E-state index is 13.5. The Hall–Kier alpha value is -2.54. The third-order valence-corrected chi connectivity index (χ3v) is 4.67. The van der Waals surface area contributed by atoms with Crippen molar-refractivity contribution in [3.8, 4) is 0 Å². The van der Waals surface area contributed by atoms with Crippen molar-refractivity contribution >= 4 is 17.3 Å². The summed E-state index contributed by atoms with van der Waals surface area (Å²) in [5.74, 6) is -0.416. The maximum atomic E-state index is 13.5. The number of hydrogen-bond acceptors (Lipinski definition) is 3. The zero-order valence-corrected chi connectivity index (χ0v) is 15.5. The van der Waals surface area contributed by atoms with Crippen molar-refractivity contribution in [2.45, 2.75) is 25.4 Å². The molecule has 28 heavy (non-hydrogen) atoms. The zero-order chi connectivity index (χ0) is 20.0. The Morgan fingerprint density at radius 3 is 2.46 bits per heavy atom. The minimum atomic E-state index is -4.55. The highest BCUT2D eigenvalue weighted by Gasteiger charge is 2.34. The molecule has 2 aromatic carbocycles. The van der Waals surface area contributed by atoms with E-state index >= 15 is 0 Å². The predicted molar refractivity (Wildman–Crippen MR) is 102 cm³/mol. The lowest BCUT2D eigenvalue weighted by Crippen LogP contribution is -2.36. The number of nitrogens with zero attached hydrogens (tertiary/aromatic N) is 1. The van der Waals surface area contributed by atoms with Crippen LogP contribution in [0, 0.1) is 0 Å². The lowest BCUT2D eigenvalue weighted by atomic mass is 10.1. The minimum Gasteiger partial charge on any atom is -0.378 e. The summed E-state index contributed by atoms with van der Waals surface area (Å²) in [6.45, 7) is 2.06. The number of aryl methyl sites for hydroxylation is 1. The summed E-state index contributed by atoms with van der Waals surface area (Å²) < 4.78 is 45.8. The molecule has 3 rings (SSSR count). The van der Waals surface area contributed by atoms with Gasteiger partial charge in [-0.3, -0.25) is 4.79 Å². The second kappa shape index (κ2) is 9.10. The van der Waals surface area contributed by atoms with Crippen LogP contribution in [-0.2, 0) is 22.1 Å². The third kappa shape index (κ3) is 5.48. The number of rotatable bonds is 6. The zero-order valence-electron chi connectivity index (χ0n) is 15.5. The number of anilines is 2. The molecule has 1 aliphatic rings. The van der Waals surface area contributed by atoms with Gasteiger partial charge >= 0.3 is 6.18 Å². The fourth-order valence-corrected chi connectivity index (χ4v) is 3.20. The van der Waals surface area contributed by atoms with Gasteiger partial charge in [-0.1, -0.05) is 30.3 Å². The first-order chi connectivity index (χ1) is 13.4. The van der Waals surface area contributed by atoms with Gasteiger partial charge in [0.15, 0.2) is 0 Å². The first-order valence-electron chi connectivity index (χ1n) is 9.31. The number of benzene rings is 2. The van der Waals surface area contributed by atoms with E-state index in [0.29, 0.717) is 44.8 Å². The van der Waals surface area contributed by atoms with E-state index in [4.69, 9.17) is 4.74 Å². The average molecular weight is 392 g/mol. The highest BCUT2D eigenvalue weighted by molar-refractivity contribution is 5.92. The number of carbonyl (C=O) groups is 1. The SMILES string of the molecule is O=C(CCCc1ccccc1)Nc1ccc(N2CCOCC2)cc1C(F)(F)F. The number of amides is 1. The van der Waals surface area contributed by atoms with Crippen LogP contribution in [0.15, 0.2) is 48.5 Å². The standard InChI is InChI=1S/C21H23F3N2O2/c22-21(23,24)18-15-17(26-11-13-28-14-12-26)9-10-19(18)25-20(27)8-4-7-16-5-2-1-3-6-16/h1-3,5-6,9-10,15H,4,7-8,11-14H2,(H,25,27). The van der Waals surface area contributed by atoms with E-state index in [-0.39, 0.29) is 12.1 Å². The second-order valence-electron chi connectivity index (χ2n) is 6.71. The van der Waals surface area contributed by atoms with Crippen LogP contribution >= 0.6 is 0 Å². The number of ether oxygens (including phenoxy) is 1. The van der Waals surface area contributed by atoms with Gasteiger partial charge in [0.05, 0.1) is 24.5 Å². The summed E-state index contributed by atoms with van der Waals surface area (Å²) in [6, 6.07) is 13.7. The molecule has 0 saturated carbocycles. The molecule has 150 valence electrons. The van der Waals surface area contributed by atoms with Gasteiger partial charge in [-0.25, -0.2) is 0 Å². The van der Waals surface area contributed by atoms with Gasteiger partial charge in [0.25, 0.3) is 0 Å². The predicted octanol–water partition coefficient (Wildman–Crippen LogP) is 4.50. The molecule has 0 bridgehead atoms. The van der Waals surface area contributed by atoms with E-state index in [9.17, 15) is 18.0 Å². The van der Waals surface area contributed by atoms with Gasteiger partial charge in [-0.05, 0) is 36.6 Å². The molecule has 1 amide bonds. The summed E-state index contributed by atoms with van der Waals surface area (Å²) in [5.41, 5.74) is 0.556. The first-order valence-corrected chi connectivity index (χ1v) is 9.31. The van der Waals surface area contributed by atoms with E-state index < -0.39 is 17.6 Å². The normalized spacial score (nSPS) is 14.8. The molecule has 1 aliphatic heterocycles.